The van der Waals surface area contributed by atoms with Gasteiger partial charge in [0.1, 0.15) is 12.1 Å². The Kier molecular flexibility index (Phi) is 5.40. The predicted molar refractivity (Wildman–Crippen MR) is 118 cm³/mol. The quantitative estimate of drug-likeness (QED) is 0.271. The van der Waals surface area contributed by atoms with Crippen LogP contribution >= 0.6 is 0 Å². The molecule has 0 amide bonds. The number of nitrogens with zero attached hydrogens (tertiary/aromatic N) is 5. The van der Waals surface area contributed by atoms with Crippen molar-refractivity contribution >= 4 is 17.0 Å². The molecule has 0 fully saturated rings. The SMILES string of the molecule is CC(Nc1nccc(-n2cnc3cc(-c4c(F)c(F)nc(F)c4F)ccc32)n1)c1ccccc1. The van der Waals surface area contributed by atoms with E-state index in [0.29, 0.717) is 22.8 Å². The third-order valence-corrected chi connectivity index (χ3v) is 5.37. The van der Waals surface area contributed by atoms with Crippen LogP contribution in [0.2, 0.25) is 0 Å². The van der Waals surface area contributed by atoms with Gasteiger partial charge in [-0.05, 0) is 36.2 Å². The predicted octanol–water partition coefficient (Wildman–Crippen LogP) is 5.61. The minimum Gasteiger partial charge on any atom is -0.348 e. The molecule has 0 saturated carbocycles. The van der Waals surface area contributed by atoms with Crippen LogP contribution in [0.1, 0.15) is 18.5 Å². The van der Waals surface area contributed by atoms with Gasteiger partial charge in [0.25, 0.3) is 11.9 Å². The number of halogens is 4. The zero-order chi connectivity index (χ0) is 23.8. The summed E-state index contributed by atoms with van der Waals surface area (Å²) < 4.78 is 57.1. The van der Waals surface area contributed by atoms with Crippen LogP contribution in [0.3, 0.4) is 0 Å². The zero-order valence-corrected chi connectivity index (χ0v) is 17.7. The molecule has 0 spiro atoms. The van der Waals surface area contributed by atoms with Crippen molar-refractivity contribution in [2.24, 2.45) is 0 Å². The zero-order valence-electron chi connectivity index (χ0n) is 17.7. The number of aromatic nitrogens is 5. The molecular weight excluding hydrogens is 448 g/mol. The maximum atomic E-state index is 14.2. The lowest BCUT2D eigenvalue weighted by Gasteiger charge is -2.14. The third-order valence-electron chi connectivity index (χ3n) is 5.37. The standard InChI is InChI=1S/C24H16F4N6/c1-13(14-5-3-2-4-6-14)31-24-29-10-9-18(32-24)34-12-30-16-11-15(7-8-17(16)34)19-20(25)22(27)33-23(28)21(19)26/h2-13H,1H3,(H,29,31,32). The molecule has 2 aromatic carbocycles. The smallest absolute Gasteiger partial charge is 0.252 e. The van der Waals surface area contributed by atoms with Gasteiger partial charge in [0.2, 0.25) is 5.95 Å². The van der Waals surface area contributed by atoms with Crippen molar-refractivity contribution in [1.29, 1.82) is 0 Å². The largest absolute Gasteiger partial charge is 0.348 e. The van der Waals surface area contributed by atoms with E-state index in [-0.39, 0.29) is 11.6 Å². The second-order valence-electron chi connectivity index (χ2n) is 7.53. The summed E-state index contributed by atoms with van der Waals surface area (Å²) in [5, 5.41) is 3.25. The summed E-state index contributed by atoms with van der Waals surface area (Å²) in [6, 6.07) is 15.7. The van der Waals surface area contributed by atoms with E-state index in [2.05, 4.69) is 25.3 Å². The second-order valence-corrected chi connectivity index (χ2v) is 7.53. The first-order valence-electron chi connectivity index (χ1n) is 10.2. The van der Waals surface area contributed by atoms with E-state index in [0.717, 1.165) is 5.56 Å². The fourth-order valence-electron chi connectivity index (χ4n) is 3.66. The lowest BCUT2D eigenvalue weighted by Crippen LogP contribution is -2.10. The summed E-state index contributed by atoms with van der Waals surface area (Å²) in [6.45, 7) is 1.99. The molecule has 0 radical (unpaired) electrons. The van der Waals surface area contributed by atoms with Crippen LogP contribution in [0.4, 0.5) is 23.5 Å². The summed E-state index contributed by atoms with van der Waals surface area (Å²) in [5.74, 6) is -5.67. The number of hydrogen-bond donors (Lipinski definition) is 1. The summed E-state index contributed by atoms with van der Waals surface area (Å²) in [5.41, 5.74) is 1.07. The molecule has 5 aromatic rings. The van der Waals surface area contributed by atoms with E-state index in [9.17, 15) is 17.6 Å². The molecule has 5 rings (SSSR count). The maximum Gasteiger partial charge on any atom is 0.252 e. The third kappa shape index (κ3) is 3.83. The van der Waals surface area contributed by atoms with Crippen LogP contribution in [0.15, 0.2) is 67.1 Å². The summed E-state index contributed by atoms with van der Waals surface area (Å²) in [4.78, 5) is 15.7. The summed E-state index contributed by atoms with van der Waals surface area (Å²) >= 11 is 0. The van der Waals surface area contributed by atoms with E-state index < -0.39 is 29.1 Å². The molecule has 0 aliphatic rings. The topological polar surface area (TPSA) is 68.5 Å². The molecule has 0 aliphatic heterocycles. The van der Waals surface area contributed by atoms with Gasteiger partial charge in [-0.2, -0.15) is 18.7 Å². The Morgan fingerprint density at radius 1 is 0.853 bits per heavy atom. The Bertz CT molecular complexity index is 1480. The van der Waals surface area contributed by atoms with Crippen molar-refractivity contribution in [3.63, 3.8) is 0 Å². The minimum absolute atomic E-state index is 0.0375. The van der Waals surface area contributed by atoms with Gasteiger partial charge in [-0.25, -0.2) is 18.7 Å². The number of rotatable bonds is 5. The van der Waals surface area contributed by atoms with Gasteiger partial charge >= 0.3 is 0 Å². The highest BCUT2D eigenvalue weighted by molar-refractivity contribution is 5.83. The van der Waals surface area contributed by atoms with Crippen molar-refractivity contribution in [3.8, 4) is 16.9 Å². The Morgan fingerprint density at radius 3 is 2.32 bits per heavy atom. The molecule has 3 heterocycles. The van der Waals surface area contributed by atoms with Crippen LogP contribution in [0.25, 0.3) is 28.0 Å². The van der Waals surface area contributed by atoms with Crippen molar-refractivity contribution in [2.75, 3.05) is 5.32 Å². The minimum atomic E-state index is -1.72. The molecule has 6 nitrogen and oxygen atoms in total. The van der Waals surface area contributed by atoms with Crippen molar-refractivity contribution in [1.82, 2.24) is 24.5 Å². The molecule has 10 heteroatoms. The van der Waals surface area contributed by atoms with E-state index >= 15 is 0 Å². The number of imidazole rings is 1. The van der Waals surface area contributed by atoms with Gasteiger partial charge in [-0.3, -0.25) is 4.57 Å². The fraction of sp³-hybridized carbons (Fsp3) is 0.0833. The van der Waals surface area contributed by atoms with Crippen molar-refractivity contribution < 1.29 is 17.6 Å². The lowest BCUT2D eigenvalue weighted by molar-refractivity contribution is 0.410. The lowest BCUT2D eigenvalue weighted by atomic mass is 10.1. The van der Waals surface area contributed by atoms with Gasteiger partial charge in [0.05, 0.1) is 22.6 Å². The maximum absolute atomic E-state index is 14.2. The first-order chi connectivity index (χ1) is 16.4. The van der Waals surface area contributed by atoms with E-state index in [1.165, 1.54) is 24.5 Å². The van der Waals surface area contributed by atoms with Crippen LogP contribution in [-0.2, 0) is 0 Å². The number of nitrogens with one attached hydrogen (secondary N) is 1. The molecule has 0 bridgehead atoms. The number of anilines is 1. The van der Waals surface area contributed by atoms with E-state index in [4.69, 9.17) is 0 Å². The van der Waals surface area contributed by atoms with Gasteiger partial charge in [0, 0.05) is 6.20 Å². The number of hydrogen-bond acceptors (Lipinski definition) is 5. The van der Waals surface area contributed by atoms with Crippen LogP contribution in [0.5, 0.6) is 0 Å². The van der Waals surface area contributed by atoms with Gasteiger partial charge < -0.3 is 5.32 Å². The van der Waals surface area contributed by atoms with E-state index in [1.54, 1.807) is 16.8 Å². The molecule has 0 saturated heterocycles. The molecule has 34 heavy (non-hydrogen) atoms. The Morgan fingerprint density at radius 2 is 1.59 bits per heavy atom. The Balaban J connectivity index is 1.49. The van der Waals surface area contributed by atoms with Crippen molar-refractivity contribution in [3.05, 3.63) is 96.2 Å². The first kappa shape index (κ1) is 21.5. The Labute approximate surface area is 191 Å². The van der Waals surface area contributed by atoms with Crippen LogP contribution < -0.4 is 5.32 Å². The fourth-order valence-corrected chi connectivity index (χ4v) is 3.66. The normalized spacial score (nSPS) is 12.1. The first-order valence-corrected chi connectivity index (χ1v) is 10.2. The molecule has 170 valence electrons. The molecule has 0 aliphatic carbocycles. The van der Waals surface area contributed by atoms with Crippen molar-refractivity contribution in [2.45, 2.75) is 13.0 Å². The highest BCUT2D eigenvalue weighted by atomic mass is 19.2. The molecule has 3 aromatic heterocycles. The van der Waals surface area contributed by atoms with Crippen LogP contribution in [0, 0.1) is 23.5 Å². The van der Waals surface area contributed by atoms with Crippen LogP contribution in [-0.4, -0.2) is 24.5 Å². The van der Waals surface area contributed by atoms with Gasteiger partial charge in [-0.1, -0.05) is 36.4 Å². The molecule has 1 atom stereocenters. The average Bonchev–Trinajstić information content (AvgIpc) is 3.27. The second kappa shape index (κ2) is 8.54. The summed E-state index contributed by atoms with van der Waals surface area (Å²) in [6.07, 6.45) is 3.08. The number of pyridine rings is 1. The highest BCUT2D eigenvalue weighted by Gasteiger charge is 2.22. The van der Waals surface area contributed by atoms with E-state index in [1.807, 2.05) is 37.3 Å². The highest BCUT2D eigenvalue weighted by Crippen LogP contribution is 2.31. The average molecular weight is 464 g/mol. The number of fused-ring (bicyclic) bond motifs is 1. The van der Waals surface area contributed by atoms with Gasteiger partial charge in [-0.15, -0.1) is 0 Å². The monoisotopic (exact) mass is 464 g/mol. The molecule has 1 N–H and O–H groups in total. The molecular formula is C24H16F4N6. The van der Waals surface area contributed by atoms with Gasteiger partial charge in [0.15, 0.2) is 11.6 Å². The molecule has 1 unspecified atom stereocenters. The Hall–Kier alpha value is -4.34. The number of benzene rings is 2. The summed E-state index contributed by atoms with van der Waals surface area (Å²) in [7, 11) is 0.